The molecule has 76 valence electrons. The Hall–Kier alpha value is -1.35. The van der Waals surface area contributed by atoms with E-state index in [9.17, 15) is 0 Å². The minimum absolute atomic E-state index is 0.0806. The number of hydrogen-bond donors (Lipinski definition) is 1. The molecule has 0 aliphatic heterocycles. The Morgan fingerprint density at radius 1 is 1.57 bits per heavy atom. The van der Waals surface area contributed by atoms with Gasteiger partial charge in [-0.05, 0) is 25.5 Å². The number of rotatable bonds is 3. The Balaban J connectivity index is 2.83. The summed E-state index contributed by atoms with van der Waals surface area (Å²) in [6, 6.07) is 3.87. The summed E-state index contributed by atoms with van der Waals surface area (Å²) < 4.78 is 4.97. The molecule has 1 rings (SSSR count). The molecule has 14 heavy (non-hydrogen) atoms. The summed E-state index contributed by atoms with van der Waals surface area (Å²) in [5.74, 6) is 0.626. The molecule has 0 aliphatic rings. The normalized spacial score (nSPS) is 13.9. The van der Waals surface area contributed by atoms with Crippen molar-refractivity contribution >= 4 is 6.08 Å². The first-order valence-electron chi connectivity index (χ1n) is 4.57. The lowest BCUT2D eigenvalue weighted by Crippen LogP contribution is -2.15. The monoisotopic (exact) mass is 192 g/mol. The molecule has 2 N–H and O–H groups in total. The zero-order chi connectivity index (χ0) is 10.6. The molecular formula is C11H16N2O. The quantitative estimate of drug-likeness (QED) is 0.795. The maximum atomic E-state index is 5.73. The van der Waals surface area contributed by atoms with Crippen molar-refractivity contribution in [2.45, 2.75) is 19.9 Å². The minimum atomic E-state index is 0.0806. The van der Waals surface area contributed by atoms with Crippen molar-refractivity contribution in [2.24, 2.45) is 5.73 Å². The fraction of sp³-hybridized carbons (Fsp3) is 0.364. The first-order valence-corrected chi connectivity index (χ1v) is 4.57. The molecule has 1 aromatic rings. The second-order valence-corrected chi connectivity index (χ2v) is 3.31. The van der Waals surface area contributed by atoms with Crippen molar-refractivity contribution in [1.29, 1.82) is 0 Å². The minimum Gasteiger partial charge on any atom is -0.481 e. The highest BCUT2D eigenvalue weighted by molar-refractivity contribution is 5.52. The van der Waals surface area contributed by atoms with Gasteiger partial charge in [-0.3, -0.25) is 0 Å². The van der Waals surface area contributed by atoms with E-state index < -0.39 is 0 Å². The van der Waals surface area contributed by atoms with Gasteiger partial charge >= 0.3 is 0 Å². The summed E-state index contributed by atoms with van der Waals surface area (Å²) in [5, 5.41) is 0. The fourth-order valence-electron chi connectivity index (χ4n) is 0.992. The van der Waals surface area contributed by atoms with Gasteiger partial charge in [0.2, 0.25) is 5.88 Å². The molecule has 0 aromatic carbocycles. The Morgan fingerprint density at radius 2 is 2.29 bits per heavy atom. The van der Waals surface area contributed by atoms with Crippen LogP contribution in [0.25, 0.3) is 6.08 Å². The summed E-state index contributed by atoms with van der Waals surface area (Å²) in [5.41, 5.74) is 7.90. The second kappa shape index (κ2) is 4.77. The lowest BCUT2D eigenvalue weighted by atomic mass is 10.1. The van der Waals surface area contributed by atoms with Gasteiger partial charge < -0.3 is 10.5 Å². The maximum Gasteiger partial charge on any atom is 0.212 e. The van der Waals surface area contributed by atoms with Crippen LogP contribution in [0.5, 0.6) is 5.88 Å². The van der Waals surface area contributed by atoms with Crippen molar-refractivity contribution in [3.05, 3.63) is 29.5 Å². The molecule has 0 aliphatic carbocycles. The maximum absolute atomic E-state index is 5.73. The molecule has 0 fully saturated rings. The van der Waals surface area contributed by atoms with Crippen molar-refractivity contribution in [1.82, 2.24) is 4.98 Å². The van der Waals surface area contributed by atoms with Crippen LogP contribution in [0.1, 0.15) is 19.4 Å². The van der Waals surface area contributed by atoms with E-state index in [0.717, 1.165) is 11.1 Å². The Labute approximate surface area is 84.6 Å². The van der Waals surface area contributed by atoms with Gasteiger partial charge in [0.25, 0.3) is 0 Å². The van der Waals surface area contributed by atoms with Gasteiger partial charge in [-0.25, -0.2) is 4.98 Å². The number of nitrogens with two attached hydrogens (primary N) is 1. The van der Waals surface area contributed by atoms with Crippen LogP contribution in [0.2, 0.25) is 0 Å². The zero-order valence-electron chi connectivity index (χ0n) is 8.82. The average molecular weight is 192 g/mol. The van der Waals surface area contributed by atoms with Crippen LogP contribution in [0, 0.1) is 0 Å². The summed E-state index contributed by atoms with van der Waals surface area (Å²) in [4.78, 5) is 4.10. The molecule has 1 aromatic heterocycles. The highest BCUT2D eigenvalue weighted by Gasteiger charge is 1.97. The molecule has 1 unspecified atom stereocenters. The smallest absolute Gasteiger partial charge is 0.212 e. The van der Waals surface area contributed by atoms with Crippen molar-refractivity contribution < 1.29 is 4.74 Å². The Bertz CT molecular complexity index is 315. The third kappa shape index (κ3) is 2.85. The molecule has 0 saturated carbocycles. The van der Waals surface area contributed by atoms with E-state index in [2.05, 4.69) is 4.98 Å². The molecule has 1 heterocycles. The van der Waals surface area contributed by atoms with E-state index in [-0.39, 0.29) is 6.04 Å². The summed E-state index contributed by atoms with van der Waals surface area (Å²) in [6.45, 7) is 3.97. The van der Waals surface area contributed by atoms with Gasteiger partial charge in [0.1, 0.15) is 0 Å². The Morgan fingerprint density at radius 3 is 2.71 bits per heavy atom. The van der Waals surface area contributed by atoms with Crippen LogP contribution >= 0.6 is 0 Å². The zero-order valence-corrected chi connectivity index (χ0v) is 8.82. The number of hydrogen-bond acceptors (Lipinski definition) is 3. The lowest BCUT2D eigenvalue weighted by molar-refractivity contribution is 0.398. The topological polar surface area (TPSA) is 48.1 Å². The van der Waals surface area contributed by atoms with E-state index >= 15 is 0 Å². The lowest BCUT2D eigenvalue weighted by Gasteiger charge is -2.05. The molecule has 0 saturated heterocycles. The SMILES string of the molecule is COc1ccc(/C=C(/C)C(C)N)cn1. The molecule has 0 amide bonds. The fourth-order valence-corrected chi connectivity index (χ4v) is 0.992. The number of pyridine rings is 1. The Kier molecular flexibility index (Phi) is 3.65. The molecule has 0 radical (unpaired) electrons. The third-order valence-electron chi connectivity index (χ3n) is 2.08. The van der Waals surface area contributed by atoms with Crippen molar-refractivity contribution in [3.63, 3.8) is 0 Å². The number of methoxy groups -OCH3 is 1. The number of nitrogens with zero attached hydrogens (tertiary/aromatic N) is 1. The van der Waals surface area contributed by atoms with Crippen LogP contribution in [0.3, 0.4) is 0 Å². The molecular weight excluding hydrogens is 176 g/mol. The van der Waals surface area contributed by atoms with Crippen LogP contribution in [-0.4, -0.2) is 18.1 Å². The highest BCUT2D eigenvalue weighted by Crippen LogP contribution is 2.11. The summed E-state index contributed by atoms with van der Waals surface area (Å²) >= 11 is 0. The van der Waals surface area contributed by atoms with Crippen LogP contribution in [0.4, 0.5) is 0 Å². The van der Waals surface area contributed by atoms with E-state index in [1.807, 2.05) is 32.1 Å². The molecule has 3 nitrogen and oxygen atoms in total. The van der Waals surface area contributed by atoms with Crippen molar-refractivity contribution in [3.8, 4) is 5.88 Å². The number of ether oxygens (including phenoxy) is 1. The van der Waals surface area contributed by atoms with Gasteiger partial charge in [0.05, 0.1) is 7.11 Å². The number of aromatic nitrogens is 1. The van der Waals surface area contributed by atoms with Gasteiger partial charge in [-0.2, -0.15) is 0 Å². The van der Waals surface area contributed by atoms with E-state index in [1.165, 1.54) is 0 Å². The highest BCUT2D eigenvalue weighted by atomic mass is 16.5. The standard InChI is InChI=1S/C11H16N2O/c1-8(9(2)12)6-10-4-5-11(14-3)13-7-10/h4-7,9H,12H2,1-3H3/b8-6-. The van der Waals surface area contributed by atoms with Crippen molar-refractivity contribution in [2.75, 3.05) is 7.11 Å². The predicted octanol–water partition coefficient (Wildman–Crippen LogP) is 1.84. The summed E-state index contributed by atoms with van der Waals surface area (Å²) in [6.07, 6.45) is 3.79. The third-order valence-corrected chi connectivity index (χ3v) is 2.08. The first-order chi connectivity index (χ1) is 6.63. The summed E-state index contributed by atoms with van der Waals surface area (Å²) in [7, 11) is 1.60. The predicted molar refractivity (Wildman–Crippen MR) is 58.1 cm³/mol. The average Bonchev–Trinajstić information content (AvgIpc) is 2.19. The largest absolute Gasteiger partial charge is 0.481 e. The van der Waals surface area contributed by atoms with Crippen LogP contribution < -0.4 is 10.5 Å². The van der Waals surface area contributed by atoms with Gasteiger partial charge in [0, 0.05) is 18.3 Å². The van der Waals surface area contributed by atoms with Gasteiger partial charge in [-0.1, -0.05) is 11.6 Å². The molecule has 0 bridgehead atoms. The van der Waals surface area contributed by atoms with Crippen LogP contribution in [0.15, 0.2) is 23.9 Å². The van der Waals surface area contributed by atoms with Crippen LogP contribution in [-0.2, 0) is 0 Å². The van der Waals surface area contributed by atoms with E-state index in [0.29, 0.717) is 5.88 Å². The van der Waals surface area contributed by atoms with E-state index in [4.69, 9.17) is 10.5 Å². The molecule has 3 heteroatoms. The van der Waals surface area contributed by atoms with Gasteiger partial charge in [-0.15, -0.1) is 0 Å². The van der Waals surface area contributed by atoms with Gasteiger partial charge in [0.15, 0.2) is 0 Å². The first kappa shape index (κ1) is 10.7. The second-order valence-electron chi connectivity index (χ2n) is 3.31. The molecule has 0 spiro atoms. The van der Waals surface area contributed by atoms with E-state index in [1.54, 1.807) is 13.3 Å². The molecule has 1 atom stereocenters.